The third kappa shape index (κ3) is 4.01. The second kappa shape index (κ2) is 7.63. The van der Waals surface area contributed by atoms with Gasteiger partial charge in [0, 0.05) is 17.3 Å². The van der Waals surface area contributed by atoms with Crippen molar-refractivity contribution in [2.24, 2.45) is 0 Å². The van der Waals surface area contributed by atoms with Gasteiger partial charge in [0.1, 0.15) is 5.75 Å². The highest BCUT2D eigenvalue weighted by molar-refractivity contribution is 6.30. The number of carbonyl (C=O) groups excluding carboxylic acids is 1. The molecule has 7 heteroatoms. The molecule has 1 N–H and O–H groups in total. The summed E-state index contributed by atoms with van der Waals surface area (Å²) in [6.07, 6.45) is 0.985. The number of carbonyl (C=O) groups is 1. The zero-order chi connectivity index (χ0) is 18.6. The Morgan fingerprint density at radius 2 is 1.89 bits per heavy atom. The summed E-state index contributed by atoms with van der Waals surface area (Å²) in [6.45, 7) is 0.749. The molecule has 2 heterocycles. The van der Waals surface area contributed by atoms with Crippen LogP contribution in [-0.2, 0) is 11.2 Å². The van der Waals surface area contributed by atoms with Gasteiger partial charge in [-0.3, -0.25) is 4.79 Å². The van der Waals surface area contributed by atoms with Crippen molar-refractivity contribution < 1.29 is 9.53 Å². The van der Waals surface area contributed by atoms with Crippen LogP contribution >= 0.6 is 11.6 Å². The van der Waals surface area contributed by atoms with Gasteiger partial charge in [0.15, 0.2) is 18.2 Å². The highest BCUT2D eigenvalue weighted by Gasteiger charge is 2.21. The minimum Gasteiger partial charge on any atom is -0.484 e. The van der Waals surface area contributed by atoms with Gasteiger partial charge in [0.2, 0.25) is 0 Å². The van der Waals surface area contributed by atoms with Crippen LogP contribution in [0, 0.1) is 0 Å². The lowest BCUT2D eigenvalue weighted by Crippen LogP contribution is -2.21. The van der Waals surface area contributed by atoms with Gasteiger partial charge >= 0.3 is 0 Å². The van der Waals surface area contributed by atoms with E-state index in [9.17, 15) is 4.79 Å². The van der Waals surface area contributed by atoms with Gasteiger partial charge in [-0.2, -0.15) is 0 Å². The molecular weight excluding hydrogens is 364 g/mol. The molecular formula is C20H17ClN4O2. The maximum Gasteiger partial charge on any atom is 0.263 e. The van der Waals surface area contributed by atoms with Crippen LogP contribution in [0.2, 0.25) is 5.02 Å². The smallest absolute Gasteiger partial charge is 0.263 e. The lowest BCUT2D eigenvalue weighted by molar-refractivity contribution is -0.118. The number of ether oxygens (including phenoxy) is 1. The van der Waals surface area contributed by atoms with Gasteiger partial charge in [-0.15, -0.1) is 10.2 Å². The normalized spacial score (nSPS) is 12.6. The molecule has 0 saturated carbocycles. The summed E-state index contributed by atoms with van der Waals surface area (Å²) in [7, 11) is 0. The van der Waals surface area contributed by atoms with E-state index < -0.39 is 0 Å². The maximum atomic E-state index is 12.0. The summed E-state index contributed by atoms with van der Waals surface area (Å²) in [5, 5.41) is 11.6. The van der Waals surface area contributed by atoms with Crippen molar-refractivity contribution in [3.63, 3.8) is 0 Å². The Morgan fingerprint density at radius 1 is 1.07 bits per heavy atom. The lowest BCUT2D eigenvalue weighted by Gasteiger charge is -2.17. The van der Waals surface area contributed by atoms with Crippen molar-refractivity contribution >= 4 is 34.8 Å². The number of anilines is 3. The third-order valence-electron chi connectivity index (χ3n) is 4.27. The number of halogens is 1. The van der Waals surface area contributed by atoms with Crippen LogP contribution < -0.4 is 15.0 Å². The Labute approximate surface area is 161 Å². The number of para-hydroxylation sites is 1. The maximum absolute atomic E-state index is 12.0. The quantitative estimate of drug-likeness (QED) is 0.728. The molecule has 136 valence electrons. The Morgan fingerprint density at radius 3 is 2.67 bits per heavy atom. The van der Waals surface area contributed by atoms with E-state index >= 15 is 0 Å². The van der Waals surface area contributed by atoms with Crippen molar-refractivity contribution in [2.75, 3.05) is 23.4 Å². The molecule has 2 aromatic carbocycles. The summed E-state index contributed by atoms with van der Waals surface area (Å²) in [6, 6.07) is 18.7. The SMILES string of the molecule is O=C(COc1ccc(Cl)cc1)Nc1ccc(N2CCc3ccccc32)nn1. The first-order valence-electron chi connectivity index (χ1n) is 8.56. The number of benzene rings is 2. The second-order valence-electron chi connectivity index (χ2n) is 6.10. The van der Waals surface area contributed by atoms with Gasteiger partial charge in [0.05, 0.1) is 0 Å². The first-order chi connectivity index (χ1) is 13.2. The fraction of sp³-hybridized carbons (Fsp3) is 0.150. The molecule has 3 aromatic rings. The largest absolute Gasteiger partial charge is 0.484 e. The van der Waals surface area contributed by atoms with E-state index in [0.29, 0.717) is 16.6 Å². The highest BCUT2D eigenvalue weighted by atomic mass is 35.5. The summed E-state index contributed by atoms with van der Waals surface area (Å²) in [5.74, 6) is 1.41. The van der Waals surface area contributed by atoms with Crippen LogP contribution in [0.4, 0.5) is 17.3 Å². The summed E-state index contributed by atoms with van der Waals surface area (Å²) >= 11 is 5.82. The van der Waals surface area contributed by atoms with Crippen LogP contribution in [0.3, 0.4) is 0 Å². The molecule has 1 aliphatic rings. The van der Waals surface area contributed by atoms with E-state index in [2.05, 4.69) is 32.5 Å². The third-order valence-corrected chi connectivity index (χ3v) is 4.52. The fourth-order valence-corrected chi connectivity index (χ4v) is 3.10. The minimum atomic E-state index is -0.307. The van der Waals surface area contributed by atoms with Crippen LogP contribution in [0.25, 0.3) is 0 Å². The Kier molecular flexibility index (Phi) is 4.89. The summed E-state index contributed by atoms with van der Waals surface area (Å²) in [4.78, 5) is 14.1. The average molecular weight is 381 g/mol. The number of nitrogens with zero attached hydrogens (tertiary/aromatic N) is 3. The minimum absolute atomic E-state index is 0.120. The molecule has 0 fully saturated rings. The molecule has 1 aromatic heterocycles. The van der Waals surface area contributed by atoms with E-state index in [1.54, 1.807) is 30.3 Å². The Hall–Kier alpha value is -3.12. The fourth-order valence-electron chi connectivity index (χ4n) is 2.97. The lowest BCUT2D eigenvalue weighted by atomic mass is 10.2. The molecule has 27 heavy (non-hydrogen) atoms. The topological polar surface area (TPSA) is 67.3 Å². The molecule has 0 unspecified atom stereocenters. The zero-order valence-electron chi connectivity index (χ0n) is 14.4. The first kappa shape index (κ1) is 17.3. The number of rotatable bonds is 5. The van der Waals surface area contributed by atoms with Crippen molar-refractivity contribution in [3.05, 3.63) is 71.2 Å². The van der Waals surface area contributed by atoms with Crippen LogP contribution in [0.1, 0.15) is 5.56 Å². The van der Waals surface area contributed by atoms with Crippen molar-refractivity contribution in [2.45, 2.75) is 6.42 Å². The van der Waals surface area contributed by atoms with Crippen LogP contribution in [0.5, 0.6) is 5.75 Å². The number of hydrogen-bond donors (Lipinski definition) is 1. The standard InChI is InChI=1S/C20H17ClN4O2/c21-15-5-7-16(8-6-15)27-13-20(26)22-18-9-10-19(24-23-18)25-12-11-14-3-1-2-4-17(14)25/h1-10H,11-13H2,(H,22,23,26). The average Bonchev–Trinajstić information content (AvgIpc) is 3.12. The van der Waals surface area contributed by atoms with Gasteiger partial charge in [-0.1, -0.05) is 29.8 Å². The number of nitrogens with one attached hydrogen (secondary N) is 1. The molecule has 1 aliphatic heterocycles. The highest BCUT2D eigenvalue weighted by Crippen LogP contribution is 2.32. The van der Waals surface area contributed by atoms with E-state index in [0.717, 1.165) is 24.5 Å². The van der Waals surface area contributed by atoms with Crippen molar-refractivity contribution in [1.82, 2.24) is 10.2 Å². The molecule has 0 saturated heterocycles. The van der Waals surface area contributed by atoms with E-state index in [4.69, 9.17) is 16.3 Å². The molecule has 0 bridgehead atoms. The zero-order valence-corrected chi connectivity index (χ0v) is 15.2. The molecule has 6 nitrogen and oxygen atoms in total. The van der Waals surface area contributed by atoms with Gasteiger partial charge in [0.25, 0.3) is 5.91 Å². The van der Waals surface area contributed by atoms with Crippen LogP contribution in [-0.4, -0.2) is 29.3 Å². The van der Waals surface area contributed by atoms with Gasteiger partial charge in [-0.05, 0) is 54.4 Å². The van der Waals surface area contributed by atoms with Gasteiger partial charge in [-0.25, -0.2) is 0 Å². The first-order valence-corrected chi connectivity index (χ1v) is 8.94. The van der Waals surface area contributed by atoms with Crippen LogP contribution in [0.15, 0.2) is 60.7 Å². The number of hydrogen-bond acceptors (Lipinski definition) is 5. The van der Waals surface area contributed by atoms with Crippen molar-refractivity contribution in [3.8, 4) is 5.75 Å². The predicted octanol–water partition coefficient (Wildman–Crippen LogP) is 3.84. The Balaban J connectivity index is 1.35. The molecule has 0 atom stereocenters. The van der Waals surface area contributed by atoms with E-state index in [1.165, 1.54) is 5.56 Å². The molecule has 1 amide bonds. The van der Waals surface area contributed by atoms with E-state index in [1.807, 2.05) is 18.2 Å². The summed E-state index contributed by atoms with van der Waals surface area (Å²) < 4.78 is 5.41. The van der Waals surface area contributed by atoms with E-state index in [-0.39, 0.29) is 12.5 Å². The summed E-state index contributed by atoms with van der Waals surface area (Å²) in [5.41, 5.74) is 2.45. The molecule has 0 spiro atoms. The monoisotopic (exact) mass is 380 g/mol. The Bertz CT molecular complexity index is 945. The number of amides is 1. The van der Waals surface area contributed by atoms with Gasteiger partial charge < -0.3 is 15.0 Å². The predicted molar refractivity (Wildman–Crippen MR) is 105 cm³/mol. The number of fused-ring (bicyclic) bond motifs is 1. The molecule has 0 aliphatic carbocycles. The van der Waals surface area contributed by atoms with Crippen molar-refractivity contribution in [1.29, 1.82) is 0 Å². The number of aromatic nitrogens is 2. The molecule has 4 rings (SSSR count). The molecule has 0 radical (unpaired) electrons. The second-order valence-corrected chi connectivity index (χ2v) is 6.53.